The molecule has 39 heavy (non-hydrogen) atoms. The van der Waals surface area contributed by atoms with Crippen LogP contribution in [0.4, 0.5) is 5.69 Å². The predicted octanol–water partition coefficient (Wildman–Crippen LogP) is 4.53. The van der Waals surface area contributed by atoms with Crippen molar-refractivity contribution >= 4 is 27.5 Å². The maximum absolute atomic E-state index is 13.9. The molecule has 3 rings (SSSR count). The van der Waals surface area contributed by atoms with Gasteiger partial charge in [-0.2, -0.15) is 0 Å². The van der Waals surface area contributed by atoms with E-state index in [1.807, 2.05) is 51.1 Å². The second kappa shape index (κ2) is 13.8. The van der Waals surface area contributed by atoms with E-state index in [0.717, 1.165) is 21.9 Å². The number of rotatable bonds is 13. The number of carbonyl (C=O) groups excluding carboxylic acids is 2. The summed E-state index contributed by atoms with van der Waals surface area (Å²) in [4.78, 5) is 28.3. The van der Waals surface area contributed by atoms with E-state index < -0.39 is 28.5 Å². The number of nitrogens with one attached hydrogen (secondary N) is 1. The van der Waals surface area contributed by atoms with Crippen molar-refractivity contribution in [2.45, 2.75) is 51.6 Å². The number of ether oxygens (including phenoxy) is 1. The quantitative estimate of drug-likeness (QED) is 0.337. The average molecular weight is 552 g/mol. The first-order valence-electron chi connectivity index (χ1n) is 13.1. The molecule has 0 saturated carbocycles. The highest BCUT2D eigenvalue weighted by Gasteiger charge is 2.32. The van der Waals surface area contributed by atoms with E-state index in [-0.39, 0.29) is 17.3 Å². The van der Waals surface area contributed by atoms with E-state index in [1.165, 1.54) is 17.0 Å². The third-order valence-electron chi connectivity index (χ3n) is 6.24. The van der Waals surface area contributed by atoms with E-state index in [1.54, 1.807) is 43.3 Å². The average Bonchev–Trinajstić information content (AvgIpc) is 2.94. The van der Waals surface area contributed by atoms with E-state index in [2.05, 4.69) is 5.32 Å². The molecule has 8 nitrogen and oxygen atoms in total. The van der Waals surface area contributed by atoms with Crippen LogP contribution in [0.3, 0.4) is 0 Å². The van der Waals surface area contributed by atoms with Crippen LogP contribution < -0.4 is 14.4 Å². The molecule has 0 bridgehead atoms. The number of amides is 2. The summed E-state index contributed by atoms with van der Waals surface area (Å²) in [5.41, 5.74) is 2.06. The standard InChI is InChI=1S/C30H37N3O5S/c1-5-20-31-30(35)24(4)32(21-25-10-8-7-9-11-25)29(34)22-33(26-14-16-27(17-15-26)38-6-2)39(36,37)28-18-12-23(3)13-19-28/h7-19,24H,5-6,20-22H2,1-4H3,(H,31,35). The number of benzene rings is 3. The molecule has 0 saturated heterocycles. The number of hydrogen-bond donors (Lipinski definition) is 1. The van der Waals surface area contributed by atoms with Gasteiger partial charge in [0.1, 0.15) is 18.3 Å². The Morgan fingerprint density at radius 1 is 0.923 bits per heavy atom. The van der Waals surface area contributed by atoms with Gasteiger partial charge in [0.25, 0.3) is 10.0 Å². The number of nitrogens with zero attached hydrogens (tertiary/aromatic N) is 2. The highest BCUT2D eigenvalue weighted by molar-refractivity contribution is 7.92. The minimum absolute atomic E-state index is 0.0677. The van der Waals surface area contributed by atoms with Crippen LogP contribution in [-0.2, 0) is 26.2 Å². The van der Waals surface area contributed by atoms with E-state index >= 15 is 0 Å². The molecule has 0 aliphatic heterocycles. The van der Waals surface area contributed by atoms with Crippen molar-refractivity contribution in [3.8, 4) is 5.75 Å². The summed E-state index contributed by atoms with van der Waals surface area (Å²) in [6.07, 6.45) is 0.755. The lowest BCUT2D eigenvalue weighted by atomic mass is 10.1. The zero-order chi connectivity index (χ0) is 28.4. The maximum Gasteiger partial charge on any atom is 0.264 e. The van der Waals surface area contributed by atoms with Gasteiger partial charge in [0.05, 0.1) is 17.2 Å². The third kappa shape index (κ3) is 7.83. The molecule has 0 aliphatic rings. The third-order valence-corrected chi connectivity index (χ3v) is 8.02. The van der Waals surface area contributed by atoms with Crippen molar-refractivity contribution in [1.82, 2.24) is 10.2 Å². The molecule has 0 heterocycles. The summed E-state index contributed by atoms with van der Waals surface area (Å²) in [6, 6.07) is 21.6. The van der Waals surface area contributed by atoms with Crippen molar-refractivity contribution in [3.63, 3.8) is 0 Å². The Bertz CT molecular complexity index is 1330. The van der Waals surface area contributed by atoms with Gasteiger partial charge in [0.15, 0.2) is 0 Å². The summed E-state index contributed by atoms with van der Waals surface area (Å²) < 4.78 is 34.3. The number of aryl methyl sites for hydroxylation is 1. The minimum Gasteiger partial charge on any atom is -0.494 e. The summed E-state index contributed by atoms with van der Waals surface area (Å²) in [7, 11) is -4.11. The summed E-state index contributed by atoms with van der Waals surface area (Å²) in [6.45, 7) is 7.96. The van der Waals surface area contributed by atoms with E-state index in [4.69, 9.17) is 4.74 Å². The predicted molar refractivity (Wildman–Crippen MR) is 153 cm³/mol. The minimum atomic E-state index is -4.11. The number of carbonyl (C=O) groups is 2. The molecule has 0 spiro atoms. The Morgan fingerprint density at radius 3 is 2.15 bits per heavy atom. The normalized spacial score (nSPS) is 11.9. The Morgan fingerprint density at radius 2 is 1.56 bits per heavy atom. The molecule has 1 N–H and O–H groups in total. The van der Waals surface area contributed by atoms with Gasteiger partial charge in [-0.25, -0.2) is 8.42 Å². The number of hydrogen-bond acceptors (Lipinski definition) is 5. The van der Waals surface area contributed by atoms with E-state index in [9.17, 15) is 18.0 Å². The number of anilines is 1. The Kier molecular flexibility index (Phi) is 10.5. The second-order valence-electron chi connectivity index (χ2n) is 9.23. The van der Waals surface area contributed by atoms with Gasteiger partial charge in [-0.1, -0.05) is 55.0 Å². The molecule has 0 aromatic heterocycles. The first-order chi connectivity index (χ1) is 18.7. The van der Waals surface area contributed by atoms with Gasteiger partial charge >= 0.3 is 0 Å². The molecule has 0 fully saturated rings. The fourth-order valence-electron chi connectivity index (χ4n) is 4.00. The highest BCUT2D eigenvalue weighted by Crippen LogP contribution is 2.27. The second-order valence-corrected chi connectivity index (χ2v) is 11.1. The van der Waals surface area contributed by atoms with Gasteiger partial charge in [-0.15, -0.1) is 0 Å². The lowest BCUT2D eigenvalue weighted by molar-refractivity contribution is -0.139. The Labute approximate surface area is 231 Å². The van der Waals surface area contributed by atoms with Crippen LogP contribution in [0.5, 0.6) is 5.75 Å². The van der Waals surface area contributed by atoms with Crippen LogP contribution in [0.2, 0.25) is 0 Å². The summed E-state index contributed by atoms with van der Waals surface area (Å²) in [5, 5.41) is 2.84. The Hall–Kier alpha value is -3.85. The van der Waals surface area contributed by atoms with Gasteiger partial charge in [-0.05, 0) is 69.2 Å². The van der Waals surface area contributed by atoms with Crippen molar-refractivity contribution < 1.29 is 22.7 Å². The molecule has 3 aromatic carbocycles. The molecule has 3 aromatic rings. The Balaban J connectivity index is 2.00. The van der Waals surface area contributed by atoms with Crippen molar-refractivity contribution in [1.29, 1.82) is 0 Å². The molecule has 2 amide bonds. The molecule has 1 atom stereocenters. The van der Waals surface area contributed by atoms with Crippen LogP contribution in [0.1, 0.15) is 38.3 Å². The SMILES string of the molecule is CCCNC(=O)C(C)N(Cc1ccccc1)C(=O)CN(c1ccc(OCC)cc1)S(=O)(=O)c1ccc(C)cc1. The van der Waals surface area contributed by atoms with Crippen molar-refractivity contribution in [3.05, 3.63) is 90.0 Å². The van der Waals surface area contributed by atoms with E-state index in [0.29, 0.717) is 24.6 Å². The zero-order valence-corrected chi connectivity index (χ0v) is 23.8. The molecule has 0 aliphatic carbocycles. The van der Waals surface area contributed by atoms with Gasteiger partial charge in [-0.3, -0.25) is 13.9 Å². The fraction of sp³-hybridized carbons (Fsp3) is 0.333. The summed E-state index contributed by atoms with van der Waals surface area (Å²) in [5.74, 6) is -0.204. The molecule has 1 unspecified atom stereocenters. The molecule has 0 radical (unpaired) electrons. The van der Waals surface area contributed by atoms with Crippen molar-refractivity contribution in [2.75, 3.05) is 24.0 Å². The fourth-order valence-corrected chi connectivity index (χ4v) is 5.41. The largest absolute Gasteiger partial charge is 0.494 e. The summed E-state index contributed by atoms with van der Waals surface area (Å²) >= 11 is 0. The van der Waals surface area contributed by atoms with Crippen LogP contribution in [0.25, 0.3) is 0 Å². The van der Waals surface area contributed by atoms with Crippen LogP contribution in [-0.4, -0.2) is 50.9 Å². The van der Waals surface area contributed by atoms with Crippen molar-refractivity contribution in [2.24, 2.45) is 0 Å². The molecular weight excluding hydrogens is 514 g/mol. The van der Waals surface area contributed by atoms with Crippen LogP contribution in [0.15, 0.2) is 83.8 Å². The molecule has 9 heteroatoms. The number of sulfonamides is 1. The lowest BCUT2D eigenvalue weighted by Gasteiger charge is -2.32. The molecular formula is C30H37N3O5S. The lowest BCUT2D eigenvalue weighted by Crippen LogP contribution is -2.51. The zero-order valence-electron chi connectivity index (χ0n) is 23.0. The van der Waals surface area contributed by atoms with Gasteiger partial charge in [0.2, 0.25) is 11.8 Å². The van der Waals surface area contributed by atoms with Crippen LogP contribution >= 0.6 is 0 Å². The first-order valence-corrected chi connectivity index (χ1v) is 14.5. The van der Waals surface area contributed by atoms with Gasteiger partial charge < -0.3 is 15.0 Å². The topological polar surface area (TPSA) is 96.0 Å². The first kappa shape index (κ1) is 29.7. The monoisotopic (exact) mass is 551 g/mol. The van der Waals surface area contributed by atoms with Crippen LogP contribution in [0, 0.1) is 6.92 Å². The highest BCUT2D eigenvalue weighted by atomic mass is 32.2. The molecule has 208 valence electrons. The van der Waals surface area contributed by atoms with Gasteiger partial charge in [0, 0.05) is 13.1 Å². The maximum atomic E-state index is 13.9. The smallest absolute Gasteiger partial charge is 0.264 e.